The highest BCUT2D eigenvalue weighted by Crippen LogP contribution is 2.19. The first-order valence-corrected chi connectivity index (χ1v) is 8.50. The van der Waals surface area contributed by atoms with E-state index < -0.39 is 6.10 Å². The molecule has 0 saturated carbocycles. The van der Waals surface area contributed by atoms with E-state index in [1.54, 1.807) is 0 Å². The number of aryl methyl sites for hydroxylation is 3. The summed E-state index contributed by atoms with van der Waals surface area (Å²) in [5.74, 6) is 1.36. The lowest BCUT2D eigenvalue weighted by Crippen LogP contribution is -2.47. The average Bonchev–Trinajstić information content (AvgIpc) is 2.93. The van der Waals surface area contributed by atoms with Crippen LogP contribution in [0.1, 0.15) is 34.5 Å². The zero-order chi connectivity index (χ0) is 17.1. The van der Waals surface area contributed by atoms with E-state index in [0.717, 1.165) is 44.1 Å². The maximum Gasteiger partial charge on any atom is 0.223 e. The van der Waals surface area contributed by atoms with Crippen molar-refractivity contribution in [2.75, 3.05) is 32.7 Å². The summed E-state index contributed by atoms with van der Waals surface area (Å²) in [6.45, 7) is 11.1. The smallest absolute Gasteiger partial charge is 0.223 e. The minimum Gasteiger partial charge on any atom is -0.387 e. The summed E-state index contributed by atoms with van der Waals surface area (Å²) in [5, 5.41) is 14.5. The van der Waals surface area contributed by atoms with Crippen molar-refractivity contribution in [2.45, 2.75) is 33.4 Å². The number of piperazine rings is 1. The van der Waals surface area contributed by atoms with Crippen LogP contribution in [0.25, 0.3) is 0 Å². The van der Waals surface area contributed by atoms with Crippen LogP contribution in [0.2, 0.25) is 0 Å². The van der Waals surface area contributed by atoms with Gasteiger partial charge in [0.2, 0.25) is 5.89 Å². The van der Waals surface area contributed by atoms with E-state index in [9.17, 15) is 5.11 Å². The van der Waals surface area contributed by atoms with Gasteiger partial charge in [-0.1, -0.05) is 34.5 Å². The highest BCUT2D eigenvalue weighted by Gasteiger charge is 2.21. The molecule has 1 atom stereocenters. The lowest BCUT2D eigenvalue weighted by molar-refractivity contribution is 0.0689. The summed E-state index contributed by atoms with van der Waals surface area (Å²) in [5.41, 5.74) is 3.41. The molecule has 1 unspecified atom stereocenters. The monoisotopic (exact) mass is 330 g/mol. The van der Waals surface area contributed by atoms with Crippen molar-refractivity contribution < 1.29 is 9.63 Å². The predicted molar refractivity (Wildman–Crippen MR) is 91.6 cm³/mol. The predicted octanol–water partition coefficient (Wildman–Crippen LogP) is 1.85. The molecular weight excluding hydrogens is 304 g/mol. The van der Waals surface area contributed by atoms with Gasteiger partial charge < -0.3 is 9.63 Å². The Bertz CT molecular complexity index is 657. The third-order valence-corrected chi connectivity index (χ3v) is 4.46. The summed E-state index contributed by atoms with van der Waals surface area (Å²) in [6, 6.07) is 6.29. The second-order valence-corrected chi connectivity index (χ2v) is 6.74. The van der Waals surface area contributed by atoms with Crippen molar-refractivity contribution in [3.63, 3.8) is 0 Å². The summed E-state index contributed by atoms with van der Waals surface area (Å²) in [7, 11) is 0. The molecule has 1 aromatic heterocycles. The van der Waals surface area contributed by atoms with E-state index in [1.807, 2.05) is 6.92 Å². The molecule has 1 fully saturated rings. The Kier molecular flexibility index (Phi) is 5.28. The van der Waals surface area contributed by atoms with E-state index in [4.69, 9.17) is 4.52 Å². The van der Waals surface area contributed by atoms with Crippen molar-refractivity contribution in [2.24, 2.45) is 0 Å². The first kappa shape index (κ1) is 17.1. The molecule has 130 valence electrons. The van der Waals surface area contributed by atoms with Crippen LogP contribution in [0.3, 0.4) is 0 Å². The highest BCUT2D eigenvalue weighted by atomic mass is 16.5. The molecule has 6 heteroatoms. The molecule has 1 aliphatic rings. The zero-order valence-corrected chi connectivity index (χ0v) is 14.7. The van der Waals surface area contributed by atoms with E-state index in [-0.39, 0.29) is 0 Å². The van der Waals surface area contributed by atoms with Crippen molar-refractivity contribution in [3.8, 4) is 0 Å². The molecule has 24 heavy (non-hydrogen) atoms. The molecule has 3 rings (SSSR count). The number of benzene rings is 1. The molecule has 0 aliphatic carbocycles. The summed E-state index contributed by atoms with van der Waals surface area (Å²) < 4.78 is 5.02. The molecule has 0 bridgehead atoms. The van der Waals surface area contributed by atoms with Gasteiger partial charge in [-0.3, -0.25) is 9.80 Å². The summed E-state index contributed by atoms with van der Waals surface area (Å²) in [4.78, 5) is 8.90. The van der Waals surface area contributed by atoms with Crippen LogP contribution in [-0.4, -0.2) is 57.8 Å². The van der Waals surface area contributed by atoms with E-state index in [2.05, 4.69) is 52.0 Å². The third kappa shape index (κ3) is 4.41. The number of aliphatic hydroxyl groups excluding tert-OH is 1. The standard InChI is InChI=1S/C18H26N4O2/c1-13-8-14(2)10-16(9-13)17(23)11-21-4-6-22(7-5-21)12-18-19-15(3)24-20-18/h8-10,17,23H,4-7,11-12H2,1-3H3. The second kappa shape index (κ2) is 7.42. The lowest BCUT2D eigenvalue weighted by Gasteiger charge is -2.35. The molecule has 1 N–H and O–H groups in total. The van der Waals surface area contributed by atoms with Crippen LogP contribution < -0.4 is 0 Å². The van der Waals surface area contributed by atoms with Gasteiger partial charge in [-0.2, -0.15) is 4.98 Å². The molecule has 0 radical (unpaired) electrons. The van der Waals surface area contributed by atoms with Crippen molar-refractivity contribution >= 4 is 0 Å². The Morgan fingerprint density at radius 1 is 1.04 bits per heavy atom. The minimum absolute atomic E-state index is 0.435. The van der Waals surface area contributed by atoms with Gasteiger partial charge in [0.1, 0.15) is 0 Å². The largest absolute Gasteiger partial charge is 0.387 e. The second-order valence-electron chi connectivity index (χ2n) is 6.74. The number of nitrogens with zero attached hydrogens (tertiary/aromatic N) is 4. The van der Waals surface area contributed by atoms with Crippen LogP contribution in [0.15, 0.2) is 22.7 Å². The number of aliphatic hydroxyl groups is 1. The number of β-amino-alcohol motifs (C(OH)–C–C–N with tert-alkyl or cyclic N) is 1. The van der Waals surface area contributed by atoms with Crippen molar-refractivity contribution in [3.05, 3.63) is 46.6 Å². The number of hydrogen-bond donors (Lipinski definition) is 1. The van der Waals surface area contributed by atoms with Crippen LogP contribution in [0.5, 0.6) is 0 Å². The maximum atomic E-state index is 10.5. The van der Waals surface area contributed by atoms with Gasteiger partial charge in [0.05, 0.1) is 12.6 Å². The van der Waals surface area contributed by atoms with Gasteiger partial charge >= 0.3 is 0 Å². The third-order valence-electron chi connectivity index (χ3n) is 4.46. The minimum atomic E-state index is -0.435. The van der Waals surface area contributed by atoms with Gasteiger partial charge in [0.25, 0.3) is 0 Å². The summed E-state index contributed by atoms with van der Waals surface area (Å²) >= 11 is 0. The van der Waals surface area contributed by atoms with Crippen LogP contribution >= 0.6 is 0 Å². The van der Waals surface area contributed by atoms with Crippen molar-refractivity contribution in [1.82, 2.24) is 19.9 Å². The number of rotatable bonds is 5. The molecule has 1 aromatic carbocycles. The first-order valence-electron chi connectivity index (χ1n) is 8.50. The van der Waals surface area contributed by atoms with E-state index in [0.29, 0.717) is 12.4 Å². The quantitative estimate of drug-likeness (QED) is 0.902. The van der Waals surface area contributed by atoms with Gasteiger partial charge in [-0.15, -0.1) is 0 Å². The van der Waals surface area contributed by atoms with Gasteiger partial charge in [0, 0.05) is 39.6 Å². The average molecular weight is 330 g/mol. The Hall–Kier alpha value is -1.76. The molecule has 1 aliphatic heterocycles. The number of aromatic nitrogens is 2. The maximum absolute atomic E-state index is 10.5. The molecule has 0 spiro atoms. The van der Waals surface area contributed by atoms with Crippen LogP contribution in [-0.2, 0) is 6.54 Å². The topological polar surface area (TPSA) is 65.6 Å². The SMILES string of the molecule is Cc1cc(C)cc(C(O)CN2CCN(Cc3noc(C)n3)CC2)c1. The van der Waals surface area contributed by atoms with Crippen molar-refractivity contribution in [1.29, 1.82) is 0 Å². The molecule has 0 amide bonds. The fourth-order valence-corrected chi connectivity index (χ4v) is 3.29. The molecule has 1 saturated heterocycles. The fourth-order valence-electron chi connectivity index (χ4n) is 3.29. The first-order chi connectivity index (χ1) is 11.5. The Morgan fingerprint density at radius 3 is 2.25 bits per heavy atom. The number of hydrogen-bond acceptors (Lipinski definition) is 6. The summed E-state index contributed by atoms with van der Waals surface area (Å²) in [6.07, 6.45) is -0.435. The Morgan fingerprint density at radius 2 is 1.67 bits per heavy atom. The Balaban J connectivity index is 1.49. The fraction of sp³-hybridized carbons (Fsp3) is 0.556. The van der Waals surface area contributed by atoms with Gasteiger partial charge in [0.15, 0.2) is 5.82 Å². The molecule has 6 nitrogen and oxygen atoms in total. The Labute approximate surface area is 143 Å². The van der Waals surface area contributed by atoms with Crippen LogP contribution in [0.4, 0.5) is 0 Å². The molecular formula is C18H26N4O2. The highest BCUT2D eigenvalue weighted by molar-refractivity contribution is 5.30. The van der Waals surface area contributed by atoms with Gasteiger partial charge in [-0.25, -0.2) is 0 Å². The van der Waals surface area contributed by atoms with E-state index in [1.165, 1.54) is 11.1 Å². The van der Waals surface area contributed by atoms with Gasteiger partial charge in [-0.05, 0) is 19.4 Å². The normalized spacial score (nSPS) is 18.0. The van der Waals surface area contributed by atoms with Crippen LogP contribution in [0, 0.1) is 20.8 Å². The lowest BCUT2D eigenvalue weighted by atomic mass is 10.0. The molecule has 2 aromatic rings. The zero-order valence-electron chi connectivity index (χ0n) is 14.7. The van der Waals surface area contributed by atoms with E-state index >= 15 is 0 Å². The molecule has 2 heterocycles.